The van der Waals surface area contributed by atoms with Gasteiger partial charge in [0.15, 0.2) is 6.10 Å². The number of fused-ring (bicyclic) bond motifs is 1. The SMILES string of the molecule is CC(OC(=O)C1CCCCC1C(=O)N1CCc2ccccc21)C(=O)NC(N)=O. The summed E-state index contributed by atoms with van der Waals surface area (Å²) in [6, 6.07) is 6.77. The number of amides is 4. The van der Waals surface area contributed by atoms with Gasteiger partial charge in [-0.1, -0.05) is 31.0 Å². The maximum absolute atomic E-state index is 13.2. The number of esters is 1. The first-order valence-electron chi connectivity index (χ1n) is 9.58. The number of anilines is 1. The van der Waals surface area contributed by atoms with E-state index in [0.717, 1.165) is 30.5 Å². The number of hydrogen-bond acceptors (Lipinski definition) is 5. The summed E-state index contributed by atoms with van der Waals surface area (Å²) in [7, 11) is 0. The molecule has 3 unspecified atom stereocenters. The Labute approximate surface area is 163 Å². The zero-order valence-electron chi connectivity index (χ0n) is 15.8. The molecule has 1 saturated carbocycles. The van der Waals surface area contributed by atoms with Crippen molar-refractivity contribution < 1.29 is 23.9 Å². The van der Waals surface area contributed by atoms with Gasteiger partial charge in [0.05, 0.1) is 11.8 Å². The number of imide groups is 1. The average Bonchev–Trinajstić information content (AvgIpc) is 3.11. The highest BCUT2D eigenvalue weighted by Crippen LogP contribution is 2.36. The number of benzene rings is 1. The van der Waals surface area contributed by atoms with Gasteiger partial charge in [0.2, 0.25) is 5.91 Å². The number of para-hydroxylation sites is 1. The molecule has 150 valence electrons. The number of nitrogens with one attached hydrogen (secondary N) is 1. The van der Waals surface area contributed by atoms with Crippen molar-refractivity contribution >= 4 is 29.5 Å². The lowest BCUT2D eigenvalue weighted by molar-refractivity contribution is -0.162. The van der Waals surface area contributed by atoms with Crippen molar-refractivity contribution in [1.82, 2.24) is 5.32 Å². The Morgan fingerprint density at radius 2 is 1.82 bits per heavy atom. The summed E-state index contributed by atoms with van der Waals surface area (Å²) in [6.07, 6.45) is 2.47. The predicted octanol–water partition coefficient (Wildman–Crippen LogP) is 1.51. The van der Waals surface area contributed by atoms with Crippen molar-refractivity contribution in [3.05, 3.63) is 29.8 Å². The first-order valence-corrected chi connectivity index (χ1v) is 9.58. The number of carbonyl (C=O) groups excluding carboxylic acids is 4. The highest BCUT2D eigenvalue weighted by Gasteiger charge is 2.41. The van der Waals surface area contributed by atoms with Gasteiger partial charge in [-0.05, 0) is 37.8 Å². The number of urea groups is 1. The van der Waals surface area contributed by atoms with Crippen LogP contribution in [0.4, 0.5) is 10.5 Å². The fraction of sp³-hybridized carbons (Fsp3) is 0.500. The van der Waals surface area contributed by atoms with Crippen molar-refractivity contribution in [2.24, 2.45) is 17.6 Å². The van der Waals surface area contributed by atoms with E-state index in [1.54, 1.807) is 4.90 Å². The molecule has 0 spiro atoms. The van der Waals surface area contributed by atoms with Gasteiger partial charge in [-0.15, -0.1) is 0 Å². The van der Waals surface area contributed by atoms with Crippen molar-refractivity contribution in [1.29, 1.82) is 0 Å². The largest absolute Gasteiger partial charge is 0.452 e. The summed E-state index contributed by atoms with van der Waals surface area (Å²) in [5.41, 5.74) is 6.94. The lowest BCUT2D eigenvalue weighted by Crippen LogP contribution is -2.45. The second-order valence-electron chi connectivity index (χ2n) is 7.30. The first-order chi connectivity index (χ1) is 13.4. The third kappa shape index (κ3) is 4.16. The van der Waals surface area contributed by atoms with Crippen LogP contribution in [0.25, 0.3) is 0 Å². The molecule has 3 atom stereocenters. The lowest BCUT2D eigenvalue weighted by atomic mass is 9.78. The number of nitrogens with two attached hydrogens (primary N) is 1. The van der Waals surface area contributed by atoms with E-state index in [0.29, 0.717) is 19.4 Å². The van der Waals surface area contributed by atoms with Crippen LogP contribution in [0, 0.1) is 11.8 Å². The molecule has 0 saturated heterocycles. The van der Waals surface area contributed by atoms with Gasteiger partial charge in [0, 0.05) is 12.2 Å². The van der Waals surface area contributed by atoms with Crippen LogP contribution < -0.4 is 16.0 Å². The summed E-state index contributed by atoms with van der Waals surface area (Å²) >= 11 is 0. The molecule has 1 aliphatic carbocycles. The Kier molecular flexibility index (Phi) is 5.96. The highest BCUT2D eigenvalue weighted by molar-refractivity contribution is 6.00. The van der Waals surface area contributed by atoms with Crippen molar-refractivity contribution in [2.75, 3.05) is 11.4 Å². The van der Waals surface area contributed by atoms with E-state index in [-0.39, 0.29) is 5.91 Å². The van der Waals surface area contributed by atoms with Gasteiger partial charge in [-0.2, -0.15) is 0 Å². The van der Waals surface area contributed by atoms with E-state index in [9.17, 15) is 19.2 Å². The molecule has 0 radical (unpaired) electrons. The number of rotatable bonds is 4. The number of ether oxygens (including phenoxy) is 1. The molecule has 1 heterocycles. The van der Waals surface area contributed by atoms with Crippen LogP contribution in [0.2, 0.25) is 0 Å². The molecule has 3 rings (SSSR count). The van der Waals surface area contributed by atoms with Crippen LogP contribution in [-0.2, 0) is 25.5 Å². The zero-order chi connectivity index (χ0) is 20.3. The van der Waals surface area contributed by atoms with E-state index in [4.69, 9.17) is 10.5 Å². The topological polar surface area (TPSA) is 119 Å². The minimum Gasteiger partial charge on any atom is -0.452 e. The summed E-state index contributed by atoms with van der Waals surface area (Å²) < 4.78 is 5.24. The van der Waals surface area contributed by atoms with E-state index < -0.39 is 35.8 Å². The molecule has 2 aliphatic rings. The van der Waals surface area contributed by atoms with Crippen molar-refractivity contribution in [3.63, 3.8) is 0 Å². The number of carbonyl (C=O) groups is 4. The van der Waals surface area contributed by atoms with Gasteiger partial charge < -0.3 is 15.4 Å². The second-order valence-corrected chi connectivity index (χ2v) is 7.30. The van der Waals surface area contributed by atoms with Crippen LogP contribution in [0.3, 0.4) is 0 Å². The fourth-order valence-electron chi connectivity index (χ4n) is 4.01. The molecule has 1 fully saturated rings. The molecule has 1 aromatic carbocycles. The minimum absolute atomic E-state index is 0.0687. The Hall–Kier alpha value is -2.90. The van der Waals surface area contributed by atoms with E-state index in [1.807, 2.05) is 29.6 Å². The molecule has 8 nitrogen and oxygen atoms in total. The monoisotopic (exact) mass is 387 g/mol. The Balaban J connectivity index is 1.70. The van der Waals surface area contributed by atoms with Gasteiger partial charge in [-0.3, -0.25) is 19.7 Å². The molecule has 0 aromatic heterocycles. The minimum atomic E-state index is -1.16. The molecule has 1 aromatic rings. The highest BCUT2D eigenvalue weighted by atomic mass is 16.5. The fourth-order valence-corrected chi connectivity index (χ4v) is 4.01. The van der Waals surface area contributed by atoms with Gasteiger partial charge in [0.1, 0.15) is 0 Å². The predicted molar refractivity (Wildman–Crippen MR) is 101 cm³/mol. The van der Waals surface area contributed by atoms with Gasteiger partial charge >= 0.3 is 12.0 Å². The quantitative estimate of drug-likeness (QED) is 0.759. The Bertz CT molecular complexity index is 794. The van der Waals surface area contributed by atoms with E-state index in [1.165, 1.54) is 6.92 Å². The number of nitrogens with zero attached hydrogens (tertiary/aromatic N) is 1. The number of hydrogen-bond donors (Lipinski definition) is 2. The Morgan fingerprint density at radius 3 is 2.54 bits per heavy atom. The third-order valence-corrected chi connectivity index (χ3v) is 5.45. The van der Waals surface area contributed by atoms with Gasteiger partial charge in [-0.25, -0.2) is 4.79 Å². The zero-order valence-corrected chi connectivity index (χ0v) is 15.8. The van der Waals surface area contributed by atoms with Crippen molar-refractivity contribution in [2.45, 2.75) is 45.1 Å². The van der Waals surface area contributed by atoms with Crippen LogP contribution in [0.1, 0.15) is 38.2 Å². The maximum Gasteiger partial charge on any atom is 0.318 e. The standard InChI is InChI=1S/C20H25N3O5/c1-12(17(24)22-20(21)27)28-19(26)15-8-4-3-7-14(15)18(25)23-11-10-13-6-2-5-9-16(13)23/h2,5-6,9,12,14-15H,3-4,7-8,10-11H2,1H3,(H3,21,22,24,27). The molecule has 8 heteroatoms. The smallest absolute Gasteiger partial charge is 0.318 e. The Morgan fingerprint density at radius 1 is 1.14 bits per heavy atom. The van der Waals surface area contributed by atoms with Crippen molar-refractivity contribution in [3.8, 4) is 0 Å². The van der Waals surface area contributed by atoms with Crippen LogP contribution >= 0.6 is 0 Å². The molecule has 4 amide bonds. The summed E-state index contributed by atoms with van der Waals surface area (Å²) in [6.45, 7) is 1.97. The number of primary amides is 1. The van der Waals surface area contributed by atoms with E-state index >= 15 is 0 Å². The summed E-state index contributed by atoms with van der Waals surface area (Å²) in [4.78, 5) is 50.2. The molecule has 3 N–H and O–H groups in total. The van der Waals surface area contributed by atoms with Crippen LogP contribution in [0.15, 0.2) is 24.3 Å². The lowest BCUT2D eigenvalue weighted by Gasteiger charge is -2.32. The average molecular weight is 387 g/mol. The van der Waals surface area contributed by atoms with Crippen LogP contribution in [0.5, 0.6) is 0 Å². The maximum atomic E-state index is 13.2. The molecular weight excluding hydrogens is 362 g/mol. The molecular formula is C20H25N3O5. The molecule has 28 heavy (non-hydrogen) atoms. The van der Waals surface area contributed by atoms with E-state index in [2.05, 4.69) is 0 Å². The first kappa shape index (κ1) is 19.9. The third-order valence-electron chi connectivity index (χ3n) is 5.45. The molecule has 0 bridgehead atoms. The summed E-state index contributed by atoms with van der Waals surface area (Å²) in [5.74, 6) is -2.51. The second kappa shape index (κ2) is 8.41. The molecule has 1 aliphatic heterocycles. The normalized spacial score (nSPS) is 22.1. The summed E-state index contributed by atoms with van der Waals surface area (Å²) in [5, 5.41) is 1.89. The van der Waals surface area contributed by atoms with Crippen LogP contribution in [-0.4, -0.2) is 36.5 Å². The van der Waals surface area contributed by atoms with Gasteiger partial charge in [0.25, 0.3) is 5.91 Å².